The van der Waals surface area contributed by atoms with Crippen LogP contribution in [0.4, 0.5) is 5.69 Å². The second-order valence-electron chi connectivity index (χ2n) is 5.98. The Morgan fingerprint density at radius 2 is 1.92 bits per heavy atom. The van der Waals surface area contributed by atoms with Crippen LogP contribution in [0.25, 0.3) is 0 Å². The summed E-state index contributed by atoms with van der Waals surface area (Å²) in [4.78, 5) is 28.4. The summed E-state index contributed by atoms with van der Waals surface area (Å²) in [5, 5.41) is 6.12. The molecular formula is C17H24N4O3. The smallest absolute Gasteiger partial charge is 0.319 e. The Morgan fingerprint density at radius 3 is 2.54 bits per heavy atom. The molecule has 24 heavy (non-hydrogen) atoms. The van der Waals surface area contributed by atoms with Crippen molar-refractivity contribution in [2.24, 2.45) is 5.92 Å². The van der Waals surface area contributed by atoms with Gasteiger partial charge >= 0.3 is 5.97 Å². The molecule has 2 N–H and O–H groups in total. The van der Waals surface area contributed by atoms with Crippen molar-refractivity contribution in [3.63, 3.8) is 0 Å². The minimum absolute atomic E-state index is 0.221. The zero-order chi connectivity index (χ0) is 16.9. The Morgan fingerprint density at radius 1 is 1.21 bits per heavy atom. The van der Waals surface area contributed by atoms with Crippen molar-refractivity contribution in [1.29, 1.82) is 0 Å². The average molecular weight is 332 g/mol. The lowest BCUT2D eigenvalue weighted by molar-refractivity contribution is -0.154. The monoisotopic (exact) mass is 332 g/mol. The minimum atomic E-state index is -0.758. The van der Waals surface area contributed by atoms with Crippen molar-refractivity contribution >= 4 is 17.6 Å². The van der Waals surface area contributed by atoms with Crippen LogP contribution in [-0.4, -0.2) is 62.4 Å². The van der Waals surface area contributed by atoms with Gasteiger partial charge in [0.05, 0.1) is 6.61 Å². The highest BCUT2D eigenvalue weighted by Gasteiger charge is 2.36. The van der Waals surface area contributed by atoms with Crippen LogP contribution in [0.2, 0.25) is 0 Å². The number of hydrogen-bond donors (Lipinski definition) is 2. The number of amides is 1. The number of nitrogens with zero attached hydrogens (tertiary/aromatic N) is 2. The molecule has 7 heteroatoms. The highest BCUT2D eigenvalue weighted by atomic mass is 16.5. The summed E-state index contributed by atoms with van der Waals surface area (Å²) in [5.41, 5.74) is 1.22. The number of para-hydroxylation sites is 1. The molecule has 0 radical (unpaired) electrons. The van der Waals surface area contributed by atoms with Gasteiger partial charge in [-0.05, 0) is 19.1 Å². The number of nitrogens with one attached hydrogen (secondary N) is 2. The van der Waals surface area contributed by atoms with Crippen LogP contribution in [0.15, 0.2) is 30.3 Å². The van der Waals surface area contributed by atoms with Gasteiger partial charge in [0.15, 0.2) is 0 Å². The van der Waals surface area contributed by atoms with Crippen LogP contribution in [0.1, 0.15) is 6.92 Å². The number of benzene rings is 1. The van der Waals surface area contributed by atoms with Crippen molar-refractivity contribution in [3.05, 3.63) is 30.3 Å². The van der Waals surface area contributed by atoms with Gasteiger partial charge in [0.1, 0.15) is 12.2 Å². The van der Waals surface area contributed by atoms with E-state index in [9.17, 15) is 9.59 Å². The van der Waals surface area contributed by atoms with Crippen LogP contribution >= 0.6 is 0 Å². The Balaban J connectivity index is 1.51. The highest BCUT2D eigenvalue weighted by Crippen LogP contribution is 2.16. The van der Waals surface area contributed by atoms with Crippen LogP contribution in [-0.2, 0) is 14.3 Å². The fourth-order valence-electron chi connectivity index (χ4n) is 3.14. The molecule has 1 aromatic rings. The molecule has 2 aliphatic rings. The van der Waals surface area contributed by atoms with Crippen molar-refractivity contribution in [3.8, 4) is 0 Å². The van der Waals surface area contributed by atoms with Crippen LogP contribution in [0, 0.1) is 5.92 Å². The van der Waals surface area contributed by atoms with E-state index in [0.717, 1.165) is 26.2 Å². The molecular weight excluding hydrogens is 308 g/mol. The van der Waals surface area contributed by atoms with E-state index in [1.165, 1.54) is 5.69 Å². The van der Waals surface area contributed by atoms with Gasteiger partial charge in [0.2, 0.25) is 5.91 Å². The molecule has 0 saturated carbocycles. The summed E-state index contributed by atoms with van der Waals surface area (Å²) in [6.07, 6.45) is -0.221. The zero-order valence-electron chi connectivity index (χ0n) is 13.9. The predicted octanol–water partition coefficient (Wildman–Crippen LogP) is -0.00910. The Hall–Kier alpha value is -2.12. The maximum absolute atomic E-state index is 12.2. The van der Waals surface area contributed by atoms with Crippen LogP contribution in [0.5, 0.6) is 0 Å². The average Bonchev–Trinajstić information content (AvgIpc) is 2.62. The summed E-state index contributed by atoms with van der Waals surface area (Å²) < 4.78 is 4.94. The van der Waals surface area contributed by atoms with E-state index in [0.29, 0.717) is 6.54 Å². The summed E-state index contributed by atoms with van der Waals surface area (Å²) >= 11 is 0. The first-order valence-corrected chi connectivity index (χ1v) is 8.43. The molecule has 2 aliphatic heterocycles. The van der Waals surface area contributed by atoms with Crippen molar-refractivity contribution in [2.75, 3.05) is 44.2 Å². The van der Waals surface area contributed by atoms with E-state index in [2.05, 4.69) is 32.6 Å². The maximum atomic E-state index is 12.2. The number of anilines is 1. The lowest BCUT2D eigenvalue weighted by Crippen LogP contribution is -2.67. The van der Waals surface area contributed by atoms with Gasteiger partial charge in [0.25, 0.3) is 0 Å². The molecule has 2 unspecified atom stereocenters. The first kappa shape index (κ1) is 16.7. The molecule has 1 aromatic carbocycles. The predicted molar refractivity (Wildman–Crippen MR) is 90.3 cm³/mol. The third-order valence-corrected chi connectivity index (χ3v) is 4.48. The van der Waals surface area contributed by atoms with Crippen molar-refractivity contribution in [1.82, 2.24) is 15.5 Å². The van der Waals surface area contributed by atoms with E-state index >= 15 is 0 Å². The second-order valence-corrected chi connectivity index (χ2v) is 5.98. The topological polar surface area (TPSA) is 73.9 Å². The molecule has 2 saturated heterocycles. The summed E-state index contributed by atoms with van der Waals surface area (Å²) in [7, 11) is 0. The van der Waals surface area contributed by atoms with E-state index in [-0.39, 0.29) is 18.8 Å². The first-order chi connectivity index (χ1) is 11.7. The fourth-order valence-corrected chi connectivity index (χ4v) is 3.14. The Labute approximate surface area is 141 Å². The molecule has 0 spiro atoms. The van der Waals surface area contributed by atoms with E-state index in [1.807, 2.05) is 18.2 Å². The number of piperazine rings is 1. The lowest BCUT2D eigenvalue weighted by atomic mass is 10.1. The molecule has 0 aromatic heterocycles. The van der Waals surface area contributed by atoms with E-state index in [1.54, 1.807) is 6.92 Å². The van der Waals surface area contributed by atoms with Crippen molar-refractivity contribution in [2.45, 2.75) is 13.2 Å². The molecule has 0 bridgehead atoms. The Bertz CT molecular complexity index is 572. The van der Waals surface area contributed by atoms with Gasteiger partial charge in [-0.1, -0.05) is 18.2 Å². The molecule has 2 fully saturated rings. The lowest BCUT2D eigenvalue weighted by Gasteiger charge is -2.42. The van der Waals surface area contributed by atoms with Crippen molar-refractivity contribution < 1.29 is 14.3 Å². The maximum Gasteiger partial charge on any atom is 0.319 e. The normalized spacial score (nSPS) is 25.2. The highest BCUT2D eigenvalue weighted by molar-refractivity contribution is 5.98. The Kier molecular flexibility index (Phi) is 5.32. The number of esters is 1. The number of hydrogen-bond acceptors (Lipinski definition) is 6. The molecule has 0 aliphatic carbocycles. The third kappa shape index (κ3) is 3.68. The van der Waals surface area contributed by atoms with Gasteiger partial charge in [-0.3, -0.25) is 19.8 Å². The largest absolute Gasteiger partial charge is 0.465 e. The molecule has 7 nitrogen and oxygen atoms in total. The SMILES string of the molecule is CCOC(=O)C1CNC(N2CCN(c3ccccc3)CC2)NC1=O. The van der Waals surface area contributed by atoms with E-state index < -0.39 is 11.9 Å². The second kappa shape index (κ2) is 7.63. The summed E-state index contributed by atoms with van der Waals surface area (Å²) in [6, 6.07) is 10.3. The van der Waals surface area contributed by atoms with E-state index in [4.69, 9.17) is 4.74 Å². The first-order valence-electron chi connectivity index (χ1n) is 8.43. The third-order valence-electron chi connectivity index (χ3n) is 4.48. The molecule has 130 valence electrons. The minimum Gasteiger partial charge on any atom is -0.465 e. The molecule has 3 rings (SSSR count). The number of carbonyl (C=O) groups excluding carboxylic acids is 2. The van der Waals surface area contributed by atoms with Gasteiger partial charge < -0.3 is 15.0 Å². The number of ether oxygens (including phenoxy) is 1. The summed E-state index contributed by atoms with van der Waals surface area (Å²) in [5.74, 6) is -1.48. The standard InChI is InChI=1S/C17H24N4O3/c1-2-24-16(23)14-12-18-17(19-15(14)22)21-10-8-20(9-11-21)13-6-4-3-5-7-13/h3-7,14,17-18H,2,8-12H2,1H3,(H,19,22). The van der Waals surface area contributed by atoms with Crippen LogP contribution < -0.4 is 15.5 Å². The quantitative estimate of drug-likeness (QED) is 0.597. The van der Waals surface area contributed by atoms with Gasteiger partial charge in [-0.2, -0.15) is 0 Å². The fraction of sp³-hybridized carbons (Fsp3) is 0.529. The molecule has 1 amide bonds. The number of carbonyl (C=O) groups is 2. The van der Waals surface area contributed by atoms with Gasteiger partial charge in [-0.15, -0.1) is 0 Å². The number of rotatable bonds is 4. The van der Waals surface area contributed by atoms with Gasteiger partial charge in [0, 0.05) is 38.4 Å². The summed E-state index contributed by atoms with van der Waals surface area (Å²) in [6.45, 7) is 5.83. The van der Waals surface area contributed by atoms with Gasteiger partial charge in [-0.25, -0.2) is 0 Å². The van der Waals surface area contributed by atoms with Crippen LogP contribution in [0.3, 0.4) is 0 Å². The molecule has 2 atom stereocenters. The zero-order valence-corrected chi connectivity index (χ0v) is 13.9. The molecule has 2 heterocycles.